The quantitative estimate of drug-likeness (QED) is 0.909. The van der Waals surface area contributed by atoms with E-state index in [1.165, 1.54) is 0 Å². The largest absolute Gasteiger partial charge is 0.493 e. The van der Waals surface area contributed by atoms with Crippen molar-refractivity contribution in [1.82, 2.24) is 5.32 Å². The normalized spacial score (nSPS) is 17.1. The van der Waals surface area contributed by atoms with Crippen LogP contribution in [0.3, 0.4) is 0 Å². The predicted octanol–water partition coefficient (Wildman–Crippen LogP) is 1.86. The number of hydrogen-bond donors (Lipinski definition) is 1. The van der Waals surface area contributed by atoms with Crippen LogP contribution in [0.15, 0.2) is 12.1 Å². The highest BCUT2D eigenvalue weighted by molar-refractivity contribution is 5.59. The van der Waals surface area contributed by atoms with E-state index in [0.29, 0.717) is 17.2 Å². The van der Waals surface area contributed by atoms with E-state index in [1.54, 1.807) is 21.3 Å². The second-order valence-electron chi connectivity index (χ2n) is 4.83. The van der Waals surface area contributed by atoms with Crippen molar-refractivity contribution in [3.05, 3.63) is 17.7 Å². The number of ether oxygens (including phenoxy) is 3. The lowest BCUT2D eigenvalue weighted by atomic mass is 9.74. The molecule has 1 aromatic rings. The van der Waals surface area contributed by atoms with Crippen molar-refractivity contribution >= 4 is 0 Å². The third kappa shape index (κ3) is 2.27. The van der Waals surface area contributed by atoms with E-state index in [0.717, 1.165) is 31.5 Å². The Kier molecular flexibility index (Phi) is 4.35. The number of rotatable bonds is 4. The van der Waals surface area contributed by atoms with Crippen LogP contribution in [0.2, 0.25) is 0 Å². The Hall–Kier alpha value is -1.93. The molecule has 1 fully saturated rings. The van der Waals surface area contributed by atoms with Gasteiger partial charge < -0.3 is 19.5 Å². The molecule has 1 aliphatic rings. The summed E-state index contributed by atoms with van der Waals surface area (Å²) in [5.74, 6) is 1.74. The van der Waals surface area contributed by atoms with Crippen LogP contribution in [0.5, 0.6) is 17.2 Å². The van der Waals surface area contributed by atoms with Gasteiger partial charge in [0, 0.05) is 5.56 Å². The number of hydrogen-bond acceptors (Lipinski definition) is 5. The average Bonchev–Trinajstić information content (AvgIpc) is 2.53. The highest BCUT2D eigenvalue weighted by Crippen LogP contribution is 2.46. The van der Waals surface area contributed by atoms with Crippen LogP contribution in [0.25, 0.3) is 0 Å². The van der Waals surface area contributed by atoms with Crippen LogP contribution in [0, 0.1) is 11.3 Å². The maximum absolute atomic E-state index is 9.70. The molecule has 1 saturated heterocycles. The van der Waals surface area contributed by atoms with Gasteiger partial charge in [0.15, 0.2) is 11.5 Å². The maximum Gasteiger partial charge on any atom is 0.203 e. The van der Waals surface area contributed by atoms with Gasteiger partial charge in [0.25, 0.3) is 0 Å². The van der Waals surface area contributed by atoms with Gasteiger partial charge in [-0.1, -0.05) is 0 Å². The van der Waals surface area contributed by atoms with Crippen molar-refractivity contribution in [2.45, 2.75) is 18.3 Å². The minimum Gasteiger partial charge on any atom is -0.493 e. The standard InChI is InChI=1S/C15H20N2O3/c1-18-12-5-4-11(13(19-2)14(12)20-3)15(10-16)6-8-17-9-7-15/h4-5,17H,6-9H2,1-3H3. The minimum absolute atomic E-state index is 0.532. The summed E-state index contributed by atoms with van der Waals surface area (Å²) >= 11 is 0. The maximum atomic E-state index is 9.70. The van der Waals surface area contributed by atoms with Crippen molar-refractivity contribution in [3.63, 3.8) is 0 Å². The molecule has 0 bridgehead atoms. The van der Waals surface area contributed by atoms with Crippen molar-refractivity contribution in [2.75, 3.05) is 34.4 Å². The van der Waals surface area contributed by atoms with Crippen LogP contribution in [-0.4, -0.2) is 34.4 Å². The van der Waals surface area contributed by atoms with Gasteiger partial charge in [-0.25, -0.2) is 0 Å². The van der Waals surface area contributed by atoms with Crippen LogP contribution < -0.4 is 19.5 Å². The first-order valence-corrected chi connectivity index (χ1v) is 6.64. The molecular formula is C15H20N2O3. The first kappa shape index (κ1) is 14.5. The van der Waals surface area contributed by atoms with Gasteiger partial charge in [-0.15, -0.1) is 0 Å². The van der Waals surface area contributed by atoms with Crippen LogP contribution in [-0.2, 0) is 5.41 Å². The highest BCUT2D eigenvalue weighted by Gasteiger charge is 2.38. The molecule has 1 N–H and O–H groups in total. The third-order valence-corrected chi connectivity index (χ3v) is 3.89. The topological polar surface area (TPSA) is 63.5 Å². The number of nitrogens with zero attached hydrogens (tertiary/aromatic N) is 1. The van der Waals surface area contributed by atoms with Crippen LogP contribution in [0.4, 0.5) is 0 Å². The van der Waals surface area contributed by atoms with E-state index in [-0.39, 0.29) is 0 Å². The Bertz CT molecular complexity index is 517. The number of nitrogens with one attached hydrogen (secondary N) is 1. The molecule has 5 nitrogen and oxygen atoms in total. The molecule has 0 amide bonds. The zero-order chi connectivity index (χ0) is 14.6. The van der Waals surface area contributed by atoms with Crippen molar-refractivity contribution in [1.29, 1.82) is 5.26 Å². The average molecular weight is 276 g/mol. The van der Waals surface area contributed by atoms with Gasteiger partial charge in [0.05, 0.1) is 32.8 Å². The number of methoxy groups -OCH3 is 3. The van der Waals surface area contributed by atoms with E-state index in [2.05, 4.69) is 11.4 Å². The molecule has 1 aromatic carbocycles. The predicted molar refractivity (Wildman–Crippen MR) is 75.5 cm³/mol. The van der Waals surface area contributed by atoms with E-state index < -0.39 is 5.41 Å². The molecular weight excluding hydrogens is 256 g/mol. The van der Waals surface area contributed by atoms with Gasteiger partial charge in [0.2, 0.25) is 5.75 Å². The number of benzene rings is 1. The van der Waals surface area contributed by atoms with E-state index in [9.17, 15) is 5.26 Å². The first-order valence-electron chi connectivity index (χ1n) is 6.64. The fraction of sp³-hybridized carbons (Fsp3) is 0.533. The summed E-state index contributed by atoms with van der Waals surface area (Å²) in [4.78, 5) is 0. The Morgan fingerprint density at radius 3 is 2.20 bits per heavy atom. The lowest BCUT2D eigenvalue weighted by Crippen LogP contribution is -2.39. The summed E-state index contributed by atoms with van der Waals surface area (Å²) < 4.78 is 16.2. The Morgan fingerprint density at radius 1 is 1.05 bits per heavy atom. The van der Waals surface area contributed by atoms with Crippen LogP contribution >= 0.6 is 0 Å². The molecule has 1 aliphatic heterocycles. The van der Waals surface area contributed by atoms with E-state index in [4.69, 9.17) is 14.2 Å². The Morgan fingerprint density at radius 2 is 1.70 bits per heavy atom. The zero-order valence-corrected chi connectivity index (χ0v) is 12.2. The molecule has 2 rings (SSSR count). The van der Waals surface area contributed by atoms with Crippen molar-refractivity contribution < 1.29 is 14.2 Å². The molecule has 0 atom stereocenters. The summed E-state index contributed by atoms with van der Waals surface area (Å²) in [5.41, 5.74) is 0.345. The lowest BCUT2D eigenvalue weighted by Gasteiger charge is -2.33. The molecule has 0 unspecified atom stereocenters. The van der Waals surface area contributed by atoms with Gasteiger partial charge in [-0.3, -0.25) is 0 Å². The Balaban J connectivity index is 2.58. The second kappa shape index (κ2) is 6.02. The van der Waals surface area contributed by atoms with Crippen molar-refractivity contribution in [2.24, 2.45) is 0 Å². The molecule has 0 saturated carbocycles. The molecule has 108 valence electrons. The number of piperidine rings is 1. The fourth-order valence-corrected chi connectivity index (χ4v) is 2.77. The smallest absolute Gasteiger partial charge is 0.203 e. The van der Waals surface area contributed by atoms with Gasteiger partial charge >= 0.3 is 0 Å². The van der Waals surface area contributed by atoms with Crippen LogP contribution in [0.1, 0.15) is 18.4 Å². The molecule has 20 heavy (non-hydrogen) atoms. The first-order chi connectivity index (χ1) is 9.72. The second-order valence-corrected chi connectivity index (χ2v) is 4.83. The van der Waals surface area contributed by atoms with Gasteiger partial charge in [-0.2, -0.15) is 5.26 Å². The SMILES string of the molecule is COc1ccc(C2(C#N)CCNCC2)c(OC)c1OC. The minimum atomic E-state index is -0.532. The summed E-state index contributed by atoms with van der Waals surface area (Å²) in [7, 11) is 4.75. The molecule has 0 aliphatic carbocycles. The summed E-state index contributed by atoms with van der Waals surface area (Å²) in [5, 5.41) is 13.0. The zero-order valence-electron chi connectivity index (χ0n) is 12.2. The summed E-state index contributed by atoms with van der Waals surface area (Å²) in [6, 6.07) is 6.22. The van der Waals surface area contributed by atoms with Gasteiger partial charge in [0.1, 0.15) is 0 Å². The molecule has 0 radical (unpaired) electrons. The van der Waals surface area contributed by atoms with Crippen molar-refractivity contribution in [3.8, 4) is 23.3 Å². The molecule has 0 spiro atoms. The monoisotopic (exact) mass is 276 g/mol. The lowest BCUT2D eigenvalue weighted by molar-refractivity contribution is 0.309. The molecule has 5 heteroatoms. The third-order valence-electron chi connectivity index (χ3n) is 3.89. The van der Waals surface area contributed by atoms with E-state index in [1.807, 2.05) is 12.1 Å². The summed E-state index contributed by atoms with van der Waals surface area (Å²) in [6.07, 6.45) is 1.52. The van der Waals surface area contributed by atoms with Gasteiger partial charge in [-0.05, 0) is 38.1 Å². The molecule has 0 aromatic heterocycles. The highest BCUT2D eigenvalue weighted by atomic mass is 16.5. The molecule has 1 heterocycles. The Labute approximate surface area is 119 Å². The summed E-state index contributed by atoms with van der Waals surface area (Å²) in [6.45, 7) is 1.65. The fourth-order valence-electron chi connectivity index (χ4n) is 2.77. The number of nitriles is 1. The van der Waals surface area contributed by atoms with E-state index >= 15 is 0 Å².